The fourth-order valence-corrected chi connectivity index (χ4v) is 2.95. The third-order valence-electron chi connectivity index (χ3n) is 2.42. The molecule has 0 atom stereocenters. The van der Waals surface area contributed by atoms with E-state index in [4.69, 9.17) is 9.84 Å². The summed E-state index contributed by atoms with van der Waals surface area (Å²) in [6.07, 6.45) is 0.565. The number of nitrogens with zero attached hydrogens (tertiary/aromatic N) is 1. The van der Waals surface area contributed by atoms with Crippen LogP contribution in [0, 0.1) is 0 Å². The van der Waals surface area contributed by atoms with Crippen LogP contribution in [0.25, 0.3) is 0 Å². The smallest absolute Gasteiger partial charge is 0.214 e. The highest BCUT2D eigenvalue weighted by atomic mass is 32.2. The molecule has 0 amide bonds. The molecule has 6 nitrogen and oxygen atoms in total. The Morgan fingerprint density at radius 1 is 1.33 bits per heavy atom. The van der Waals surface area contributed by atoms with E-state index in [2.05, 4.69) is 5.32 Å². The van der Waals surface area contributed by atoms with Crippen molar-refractivity contribution < 1.29 is 18.3 Å². The monoisotopic (exact) mass is 282 g/mol. The van der Waals surface area contributed by atoms with E-state index in [0.717, 1.165) is 0 Å². The fraction of sp³-hybridized carbons (Fsp3) is 1.00. The highest BCUT2D eigenvalue weighted by molar-refractivity contribution is 7.89. The lowest BCUT2D eigenvalue weighted by Gasteiger charge is -2.21. The van der Waals surface area contributed by atoms with Gasteiger partial charge in [0, 0.05) is 26.2 Å². The average molecular weight is 282 g/mol. The number of methoxy groups -OCH3 is 1. The van der Waals surface area contributed by atoms with Crippen LogP contribution < -0.4 is 5.32 Å². The molecular weight excluding hydrogens is 256 g/mol. The van der Waals surface area contributed by atoms with Crippen molar-refractivity contribution in [3.05, 3.63) is 0 Å². The molecule has 0 bridgehead atoms. The van der Waals surface area contributed by atoms with Gasteiger partial charge in [0.05, 0.1) is 19.0 Å². The maximum Gasteiger partial charge on any atom is 0.214 e. The predicted octanol–water partition coefficient (Wildman–Crippen LogP) is -0.355. The van der Waals surface area contributed by atoms with Gasteiger partial charge >= 0.3 is 0 Å². The average Bonchev–Trinajstić information content (AvgIpc) is 2.29. The number of hydrogen-bond donors (Lipinski definition) is 2. The molecule has 0 aromatic carbocycles. The van der Waals surface area contributed by atoms with Crippen LogP contribution in [0.1, 0.15) is 20.3 Å². The molecule has 0 aliphatic carbocycles. The number of rotatable bonds is 11. The quantitative estimate of drug-likeness (QED) is 0.506. The first-order chi connectivity index (χ1) is 8.44. The summed E-state index contributed by atoms with van der Waals surface area (Å²) in [5.41, 5.74) is 0. The Morgan fingerprint density at radius 2 is 2.00 bits per heavy atom. The second-order valence-electron chi connectivity index (χ2n) is 4.39. The summed E-state index contributed by atoms with van der Waals surface area (Å²) in [5, 5.41) is 12.1. The van der Waals surface area contributed by atoms with E-state index in [0.29, 0.717) is 25.6 Å². The van der Waals surface area contributed by atoms with Crippen LogP contribution in [-0.2, 0) is 14.8 Å². The third kappa shape index (κ3) is 7.99. The minimum Gasteiger partial charge on any atom is -0.395 e. The molecule has 0 saturated heterocycles. The molecule has 0 aromatic rings. The number of sulfonamides is 1. The zero-order valence-corrected chi connectivity index (χ0v) is 12.4. The van der Waals surface area contributed by atoms with Gasteiger partial charge in [0.1, 0.15) is 0 Å². The van der Waals surface area contributed by atoms with E-state index < -0.39 is 10.0 Å². The summed E-state index contributed by atoms with van der Waals surface area (Å²) in [6, 6.07) is 0.356. The second kappa shape index (κ2) is 9.69. The fourth-order valence-electron chi connectivity index (χ4n) is 1.47. The summed E-state index contributed by atoms with van der Waals surface area (Å²) in [7, 11) is -1.78. The summed E-state index contributed by atoms with van der Waals surface area (Å²) in [5.74, 6) is 0.0937. The lowest BCUT2D eigenvalue weighted by molar-refractivity contribution is 0.168. The predicted molar refractivity (Wildman–Crippen MR) is 72.1 cm³/mol. The van der Waals surface area contributed by atoms with Crippen LogP contribution in [0.5, 0.6) is 0 Å². The molecule has 0 radical (unpaired) electrons. The van der Waals surface area contributed by atoms with Gasteiger partial charge in [-0.15, -0.1) is 0 Å². The van der Waals surface area contributed by atoms with Crippen molar-refractivity contribution in [2.75, 3.05) is 45.7 Å². The van der Waals surface area contributed by atoms with Crippen LogP contribution in [0.2, 0.25) is 0 Å². The molecule has 0 rings (SSSR count). The van der Waals surface area contributed by atoms with Crippen molar-refractivity contribution in [3.8, 4) is 0 Å². The number of aliphatic hydroxyl groups excluding tert-OH is 1. The van der Waals surface area contributed by atoms with Crippen molar-refractivity contribution in [2.24, 2.45) is 0 Å². The molecule has 7 heteroatoms. The van der Waals surface area contributed by atoms with Crippen molar-refractivity contribution in [2.45, 2.75) is 26.3 Å². The molecule has 0 unspecified atom stereocenters. The minimum atomic E-state index is -3.30. The number of aliphatic hydroxyl groups is 1. The van der Waals surface area contributed by atoms with Gasteiger partial charge in [0.25, 0.3) is 0 Å². The van der Waals surface area contributed by atoms with E-state index in [9.17, 15) is 8.42 Å². The van der Waals surface area contributed by atoms with Crippen LogP contribution >= 0.6 is 0 Å². The molecule has 18 heavy (non-hydrogen) atoms. The first kappa shape index (κ1) is 17.8. The van der Waals surface area contributed by atoms with Gasteiger partial charge in [-0.25, -0.2) is 8.42 Å². The topological polar surface area (TPSA) is 78.9 Å². The Kier molecular flexibility index (Phi) is 9.57. The third-order valence-corrected chi connectivity index (χ3v) is 4.38. The van der Waals surface area contributed by atoms with Gasteiger partial charge in [0.2, 0.25) is 10.0 Å². The standard InChI is InChI=1S/C11H26N2O4S/c1-11(2)12-5-4-10-18(15,16)13(6-8-14)7-9-17-3/h11-12,14H,4-10H2,1-3H3. The molecular formula is C11H26N2O4S. The van der Waals surface area contributed by atoms with E-state index in [1.807, 2.05) is 13.8 Å². The summed E-state index contributed by atoms with van der Waals surface area (Å²) < 4.78 is 30.2. The molecule has 0 fully saturated rings. The van der Waals surface area contributed by atoms with Gasteiger partial charge in [-0.1, -0.05) is 13.8 Å². The SMILES string of the molecule is COCCN(CCO)S(=O)(=O)CCCNC(C)C. The maximum atomic E-state index is 12.0. The Morgan fingerprint density at radius 3 is 2.50 bits per heavy atom. The lowest BCUT2D eigenvalue weighted by atomic mass is 10.4. The summed E-state index contributed by atoms with van der Waals surface area (Å²) in [4.78, 5) is 0. The molecule has 0 aliphatic rings. The normalized spacial score (nSPS) is 12.6. The van der Waals surface area contributed by atoms with E-state index in [-0.39, 0.29) is 25.4 Å². The van der Waals surface area contributed by atoms with E-state index >= 15 is 0 Å². The van der Waals surface area contributed by atoms with Gasteiger partial charge < -0.3 is 15.2 Å². The van der Waals surface area contributed by atoms with Crippen LogP contribution in [0.15, 0.2) is 0 Å². The molecule has 0 heterocycles. The molecule has 0 aliphatic heterocycles. The number of nitrogens with one attached hydrogen (secondary N) is 1. The van der Waals surface area contributed by atoms with Gasteiger partial charge in [0.15, 0.2) is 0 Å². The van der Waals surface area contributed by atoms with E-state index in [1.54, 1.807) is 0 Å². The highest BCUT2D eigenvalue weighted by Crippen LogP contribution is 2.03. The molecule has 0 aromatic heterocycles. The van der Waals surface area contributed by atoms with Crippen molar-refractivity contribution in [3.63, 3.8) is 0 Å². The van der Waals surface area contributed by atoms with Crippen molar-refractivity contribution in [1.29, 1.82) is 0 Å². The molecule has 2 N–H and O–H groups in total. The molecule has 0 spiro atoms. The zero-order valence-electron chi connectivity index (χ0n) is 11.6. The van der Waals surface area contributed by atoms with E-state index in [1.165, 1.54) is 11.4 Å². The number of hydrogen-bond acceptors (Lipinski definition) is 5. The van der Waals surface area contributed by atoms with Gasteiger partial charge in [-0.2, -0.15) is 4.31 Å². The number of ether oxygens (including phenoxy) is 1. The largest absolute Gasteiger partial charge is 0.395 e. The maximum absolute atomic E-state index is 12.0. The zero-order chi connectivity index (χ0) is 14.0. The summed E-state index contributed by atoms with van der Waals surface area (Å²) >= 11 is 0. The van der Waals surface area contributed by atoms with Gasteiger partial charge in [-0.05, 0) is 13.0 Å². The first-order valence-electron chi connectivity index (χ1n) is 6.25. The molecule has 0 saturated carbocycles. The molecule has 110 valence electrons. The lowest BCUT2D eigenvalue weighted by Crippen LogP contribution is -2.38. The Hall–Kier alpha value is -0.210. The van der Waals surface area contributed by atoms with Gasteiger partial charge in [-0.3, -0.25) is 0 Å². The Balaban J connectivity index is 4.18. The minimum absolute atomic E-state index is 0.0937. The summed E-state index contributed by atoms with van der Waals surface area (Å²) in [6.45, 7) is 5.29. The Bertz CT molecular complexity index is 293. The van der Waals surface area contributed by atoms with Crippen molar-refractivity contribution >= 4 is 10.0 Å². The second-order valence-corrected chi connectivity index (χ2v) is 6.48. The van der Waals surface area contributed by atoms with Crippen LogP contribution in [0.3, 0.4) is 0 Å². The highest BCUT2D eigenvalue weighted by Gasteiger charge is 2.20. The van der Waals surface area contributed by atoms with Crippen LogP contribution in [-0.4, -0.2) is 69.6 Å². The van der Waals surface area contributed by atoms with Crippen LogP contribution in [0.4, 0.5) is 0 Å². The van der Waals surface area contributed by atoms with Crippen molar-refractivity contribution in [1.82, 2.24) is 9.62 Å². The first-order valence-corrected chi connectivity index (χ1v) is 7.86. The Labute approximate surface area is 110 Å².